The van der Waals surface area contributed by atoms with E-state index in [1.165, 1.54) is 6.42 Å². The van der Waals surface area contributed by atoms with Crippen molar-refractivity contribution < 1.29 is 9.53 Å². The Kier molecular flexibility index (Phi) is 5.32. The Morgan fingerprint density at radius 1 is 1.38 bits per heavy atom. The molecular formula is C20H30N4O2. The number of nitrogens with one attached hydrogen (secondary N) is 1. The molecule has 2 aromatic heterocycles. The zero-order valence-electron chi connectivity index (χ0n) is 15.0. The second-order valence-corrected chi connectivity index (χ2v) is 7.96. The first-order valence-corrected chi connectivity index (χ1v) is 9.29. The summed E-state index contributed by atoms with van der Waals surface area (Å²) in [5.74, 6) is 1.05. The zero-order chi connectivity index (χ0) is 17.4. The molecule has 3 heterocycles. The minimum absolute atomic E-state index is 0. The molecule has 0 bridgehead atoms. The van der Waals surface area contributed by atoms with Crippen LogP contribution in [0, 0.1) is 5.92 Å². The molecule has 0 radical (unpaired) electrons. The van der Waals surface area contributed by atoms with Crippen molar-refractivity contribution in [3.8, 4) is 0 Å². The number of aromatic nitrogens is 3. The van der Waals surface area contributed by atoms with Crippen molar-refractivity contribution in [2.24, 2.45) is 5.92 Å². The molecule has 142 valence electrons. The van der Waals surface area contributed by atoms with Gasteiger partial charge in [0.1, 0.15) is 5.52 Å². The maximum Gasteiger partial charge on any atom is 0.226 e. The molecule has 1 N–H and O–H groups in total. The van der Waals surface area contributed by atoms with E-state index in [1.54, 1.807) is 6.20 Å². The number of nitrogens with zero attached hydrogens (tertiary/aromatic N) is 3. The van der Waals surface area contributed by atoms with E-state index < -0.39 is 0 Å². The first-order valence-electron chi connectivity index (χ1n) is 9.29. The number of hydrogen-bond acceptors (Lipinski definition) is 4. The van der Waals surface area contributed by atoms with Crippen molar-refractivity contribution in [2.45, 2.75) is 71.4 Å². The van der Waals surface area contributed by atoms with Crippen LogP contribution < -0.4 is 5.32 Å². The molecule has 1 aliphatic carbocycles. The average molecular weight is 358 g/mol. The van der Waals surface area contributed by atoms with Crippen LogP contribution in [0.3, 0.4) is 0 Å². The van der Waals surface area contributed by atoms with Gasteiger partial charge in [0.15, 0.2) is 5.65 Å². The number of amides is 1. The molecule has 2 aromatic rings. The molecule has 1 atom stereocenters. The summed E-state index contributed by atoms with van der Waals surface area (Å²) in [6.07, 6.45) is 7.64. The van der Waals surface area contributed by atoms with E-state index in [-0.39, 0.29) is 18.9 Å². The fraction of sp³-hybridized carbons (Fsp3) is 0.650. The summed E-state index contributed by atoms with van der Waals surface area (Å²) in [7, 11) is 0. The number of carbonyl (C=O) groups excluding carboxylic acids is 1. The van der Waals surface area contributed by atoms with Crippen molar-refractivity contribution in [3.05, 3.63) is 18.3 Å². The van der Waals surface area contributed by atoms with Crippen LogP contribution in [0.1, 0.15) is 65.8 Å². The first kappa shape index (κ1) is 18.8. The lowest BCUT2D eigenvalue weighted by atomic mass is 9.86. The van der Waals surface area contributed by atoms with Crippen LogP contribution in [-0.4, -0.2) is 32.7 Å². The number of imidazole rings is 1. The monoisotopic (exact) mass is 358 g/mol. The smallest absolute Gasteiger partial charge is 0.226 e. The van der Waals surface area contributed by atoms with E-state index in [2.05, 4.69) is 33.7 Å². The Morgan fingerprint density at radius 3 is 2.88 bits per heavy atom. The van der Waals surface area contributed by atoms with Crippen LogP contribution in [0.4, 0.5) is 5.95 Å². The Hall–Kier alpha value is -1.95. The Balaban J connectivity index is 0.00000196. The minimum atomic E-state index is -0.133. The summed E-state index contributed by atoms with van der Waals surface area (Å²) in [4.78, 5) is 21.7. The van der Waals surface area contributed by atoms with Gasteiger partial charge in [0.2, 0.25) is 11.9 Å². The zero-order valence-corrected chi connectivity index (χ0v) is 15.0. The summed E-state index contributed by atoms with van der Waals surface area (Å²) in [5, 5.41) is 3.06. The lowest BCUT2D eigenvalue weighted by Crippen LogP contribution is -2.35. The fourth-order valence-electron chi connectivity index (χ4n) is 3.98. The molecule has 1 amide bonds. The molecule has 1 saturated heterocycles. The SMILES string of the molecule is C.CC1(C)CC(CC(=O)Nc2nc3cccnc3n2C2CCC2)CCO1. The second-order valence-electron chi connectivity index (χ2n) is 7.96. The van der Waals surface area contributed by atoms with E-state index in [4.69, 9.17) is 4.74 Å². The highest BCUT2D eigenvalue weighted by Crippen LogP contribution is 2.37. The van der Waals surface area contributed by atoms with Crippen molar-refractivity contribution >= 4 is 23.0 Å². The number of hydrogen-bond donors (Lipinski definition) is 1. The highest BCUT2D eigenvalue weighted by molar-refractivity contribution is 5.91. The van der Waals surface area contributed by atoms with Crippen LogP contribution in [0.25, 0.3) is 11.2 Å². The molecular weight excluding hydrogens is 328 g/mol. The lowest BCUT2D eigenvalue weighted by molar-refractivity contribution is -0.120. The van der Waals surface area contributed by atoms with Gasteiger partial charge in [0.25, 0.3) is 0 Å². The predicted octanol–water partition coefficient (Wildman–Crippen LogP) is 4.33. The molecule has 2 aliphatic rings. The van der Waals surface area contributed by atoms with Crippen LogP contribution >= 0.6 is 0 Å². The Labute approximate surface area is 155 Å². The van der Waals surface area contributed by atoms with Crippen molar-refractivity contribution in [2.75, 3.05) is 11.9 Å². The van der Waals surface area contributed by atoms with Gasteiger partial charge in [0.05, 0.1) is 5.60 Å². The van der Waals surface area contributed by atoms with Gasteiger partial charge < -0.3 is 4.74 Å². The topological polar surface area (TPSA) is 69.0 Å². The maximum atomic E-state index is 12.6. The summed E-state index contributed by atoms with van der Waals surface area (Å²) in [6, 6.07) is 4.24. The van der Waals surface area contributed by atoms with Crippen molar-refractivity contribution in [1.82, 2.24) is 14.5 Å². The number of pyridine rings is 1. The molecule has 1 aliphatic heterocycles. The van der Waals surface area contributed by atoms with Crippen LogP contribution in [0.2, 0.25) is 0 Å². The van der Waals surface area contributed by atoms with Gasteiger partial charge in [-0.2, -0.15) is 0 Å². The standard InChI is InChI=1S/C19H26N4O2.CH4/c1-19(2)12-13(8-10-25-19)11-16(24)22-18-21-15-7-4-9-20-17(15)23(18)14-5-3-6-14;/h4,7,9,13-14H,3,5-6,8,10-12H2,1-2H3,(H,21,22,24);1H4. The van der Waals surface area contributed by atoms with Crippen LogP contribution in [0.15, 0.2) is 18.3 Å². The van der Waals surface area contributed by atoms with Gasteiger partial charge in [-0.3, -0.25) is 14.7 Å². The van der Waals surface area contributed by atoms with Gasteiger partial charge in [-0.25, -0.2) is 9.97 Å². The van der Waals surface area contributed by atoms with Crippen LogP contribution in [0.5, 0.6) is 0 Å². The maximum absolute atomic E-state index is 12.6. The average Bonchev–Trinajstić information content (AvgIpc) is 2.83. The quantitative estimate of drug-likeness (QED) is 0.883. The summed E-state index contributed by atoms with van der Waals surface area (Å²) in [6.45, 7) is 4.92. The largest absolute Gasteiger partial charge is 0.376 e. The molecule has 0 spiro atoms. The second kappa shape index (κ2) is 7.35. The molecule has 26 heavy (non-hydrogen) atoms. The summed E-state index contributed by atoms with van der Waals surface area (Å²) in [5.41, 5.74) is 1.58. The molecule has 4 rings (SSSR count). The highest BCUT2D eigenvalue weighted by atomic mass is 16.5. The third-order valence-electron chi connectivity index (χ3n) is 5.41. The van der Waals surface area contributed by atoms with E-state index >= 15 is 0 Å². The predicted molar refractivity (Wildman–Crippen MR) is 103 cm³/mol. The van der Waals surface area contributed by atoms with Crippen LogP contribution in [-0.2, 0) is 9.53 Å². The van der Waals surface area contributed by atoms with E-state index in [0.717, 1.165) is 43.5 Å². The molecule has 0 aromatic carbocycles. The van der Waals surface area contributed by atoms with Gasteiger partial charge in [0, 0.05) is 25.3 Å². The lowest BCUT2D eigenvalue weighted by Gasteiger charge is -2.35. The molecule has 1 unspecified atom stereocenters. The third kappa shape index (κ3) is 3.75. The minimum Gasteiger partial charge on any atom is -0.376 e. The Morgan fingerprint density at radius 2 is 2.19 bits per heavy atom. The van der Waals surface area contributed by atoms with Gasteiger partial charge >= 0.3 is 0 Å². The van der Waals surface area contributed by atoms with Gasteiger partial charge in [-0.15, -0.1) is 0 Å². The molecule has 6 nitrogen and oxygen atoms in total. The number of ether oxygens (including phenoxy) is 1. The fourth-order valence-corrected chi connectivity index (χ4v) is 3.98. The van der Waals surface area contributed by atoms with E-state index in [9.17, 15) is 4.79 Å². The molecule has 1 saturated carbocycles. The number of anilines is 1. The normalized spacial score (nSPS) is 22.5. The number of carbonyl (C=O) groups is 1. The highest BCUT2D eigenvalue weighted by Gasteiger charge is 2.31. The van der Waals surface area contributed by atoms with E-state index in [1.807, 2.05) is 12.1 Å². The van der Waals surface area contributed by atoms with E-state index in [0.29, 0.717) is 24.3 Å². The molecule has 6 heteroatoms. The number of rotatable bonds is 4. The number of fused-ring (bicyclic) bond motifs is 1. The summed E-state index contributed by atoms with van der Waals surface area (Å²) >= 11 is 0. The first-order chi connectivity index (χ1) is 12.0. The molecule has 2 fully saturated rings. The summed E-state index contributed by atoms with van der Waals surface area (Å²) < 4.78 is 7.87. The Bertz CT molecular complexity index is 779. The van der Waals surface area contributed by atoms with Gasteiger partial charge in [-0.1, -0.05) is 7.43 Å². The third-order valence-corrected chi connectivity index (χ3v) is 5.41. The van der Waals surface area contributed by atoms with Crippen molar-refractivity contribution in [1.29, 1.82) is 0 Å². The van der Waals surface area contributed by atoms with Crippen molar-refractivity contribution in [3.63, 3.8) is 0 Å². The van der Waals surface area contributed by atoms with Gasteiger partial charge in [-0.05, 0) is 64.0 Å².